The van der Waals surface area contributed by atoms with Crippen molar-refractivity contribution < 1.29 is 0 Å². The maximum absolute atomic E-state index is 4.60. The van der Waals surface area contributed by atoms with Crippen molar-refractivity contribution in [2.24, 2.45) is 4.99 Å². The number of piperazine rings is 1. The Morgan fingerprint density at radius 3 is 2.48 bits per heavy atom. The summed E-state index contributed by atoms with van der Waals surface area (Å²) in [6, 6.07) is 12.9. The van der Waals surface area contributed by atoms with Gasteiger partial charge in [0, 0.05) is 59.6 Å². The Labute approximate surface area is 175 Å². The molecule has 0 saturated carbocycles. The van der Waals surface area contributed by atoms with Crippen molar-refractivity contribution >= 4 is 11.8 Å². The van der Waals surface area contributed by atoms with E-state index in [1.54, 1.807) is 0 Å². The number of rotatable bonds is 6. The van der Waals surface area contributed by atoms with Crippen molar-refractivity contribution in [3.05, 3.63) is 59.3 Å². The highest BCUT2D eigenvalue weighted by Crippen LogP contribution is 2.15. The van der Waals surface area contributed by atoms with E-state index in [0.717, 1.165) is 57.6 Å². The predicted octanol–water partition coefficient (Wildman–Crippen LogP) is 2.74. The number of nitrogens with zero attached hydrogens (tertiary/aromatic N) is 5. The number of anilines is 1. The molecular formula is C23H34N6. The summed E-state index contributed by atoms with van der Waals surface area (Å²) < 4.78 is 0. The molecule has 1 fully saturated rings. The molecular weight excluding hydrogens is 360 g/mol. The zero-order valence-electron chi connectivity index (χ0n) is 18.2. The summed E-state index contributed by atoms with van der Waals surface area (Å²) in [4.78, 5) is 16.1. The smallest absolute Gasteiger partial charge is 0.193 e. The van der Waals surface area contributed by atoms with Gasteiger partial charge in [0.25, 0.3) is 0 Å². The van der Waals surface area contributed by atoms with Gasteiger partial charge in [-0.1, -0.05) is 36.8 Å². The fraction of sp³-hybridized carbons (Fsp3) is 0.478. The molecule has 1 saturated heterocycles. The van der Waals surface area contributed by atoms with Crippen LogP contribution in [0.2, 0.25) is 0 Å². The summed E-state index contributed by atoms with van der Waals surface area (Å²) in [6.07, 6.45) is 1.91. The zero-order chi connectivity index (χ0) is 20.6. The van der Waals surface area contributed by atoms with Crippen LogP contribution in [0.4, 0.5) is 5.82 Å². The molecule has 0 amide bonds. The van der Waals surface area contributed by atoms with Gasteiger partial charge >= 0.3 is 0 Å². The van der Waals surface area contributed by atoms with Crippen molar-refractivity contribution in [3.63, 3.8) is 0 Å². The van der Waals surface area contributed by atoms with Crippen LogP contribution < -0.4 is 10.2 Å². The van der Waals surface area contributed by atoms with Crippen molar-refractivity contribution in [1.82, 2.24) is 20.1 Å². The van der Waals surface area contributed by atoms with Crippen LogP contribution in [0, 0.1) is 6.92 Å². The van der Waals surface area contributed by atoms with E-state index in [1.807, 2.05) is 13.2 Å². The van der Waals surface area contributed by atoms with Crippen LogP contribution in [0.3, 0.4) is 0 Å². The van der Waals surface area contributed by atoms with E-state index in [0.29, 0.717) is 0 Å². The Kier molecular flexibility index (Phi) is 7.47. The second kappa shape index (κ2) is 10.3. The fourth-order valence-corrected chi connectivity index (χ4v) is 3.64. The Hall–Kier alpha value is -2.60. The van der Waals surface area contributed by atoms with E-state index in [-0.39, 0.29) is 0 Å². The van der Waals surface area contributed by atoms with Crippen LogP contribution in [-0.4, -0.2) is 67.6 Å². The quantitative estimate of drug-likeness (QED) is 0.603. The van der Waals surface area contributed by atoms with Gasteiger partial charge in [0.05, 0.1) is 0 Å². The summed E-state index contributed by atoms with van der Waals surface area (Å²) in [6.45, 7) is 11.3. The molecule has 0 radical (unpaired) electrons. The van der Waals surface area contributed by atoms with Gasteiger partial charge in [-0.15, -0.1) is 0 Å². The largest absolute Gasteiger partial charge is 0.354 e. The lowest BCUT2D eigenvalue weighted by molar-refractivity contribution is 0.270. The van der Waals surface area contributed by atoms with E-state index in [9.17, 15) is 0 Å². The fourth-order valence-electron chi connectivity index (χ4n) is 3.64. The lowest BCUT2D eigenvalue weighted by atomic mass is 10.1. The number of aliphatic imine (C=N–C) groups is 1. The van der Waals surface area contributed by atoms with Gasteiger partial charge in [0.2, 0.25) is 0 Å². The molecule has 1 aromatic carbocycles. The number of guanidine groups is 1. The summed E-state index contributed by atoms with van der Waals surface area (Å²) in [5, 5.41) is 3.48. The van der Waals surface area contributed by atoms with E-state index in [1.165, 1.54) is 16.7 Å². The molecule has 6 nitrogen and oxygen atoms in total. The minimum Gasteiger partial charge on any atom is -0.354 e. The average molecular weight is 395 g/mol. The number of hydrogen-bond donors (Lipinski definition) is 1. The Balaban J connectivity index is 1.56. The second-order valence-corrected chi connectivity index (χ2v) is 7.69. The monoisotopic (exact) mass is 394 g/mol. The molecule has 0 spiro atoms. The Morgan fingerprint density at radius 2 is 1.83 bits per heavy atom. The molecule has 0 unspecified atom stereocenters. The van der Waals surface area contributed by atoms with Crippen LogP contribution in [0.15, 0.2) is 47.6 Å². The first kappa shape index (κ1) is 21.1. The number of pyridine rings is 1. The molecule has 1 N–H and O–H groups in total. The average Bonchev–Trinajstić information content (AvgIpc) is 2.76. The maximum Gasteiger partial charge on any atom is 0.193 e. The summed E-state index contributed by atoms with van der Waals surface area (Å²) in [5.74, 6) is 1.96. The SMILES string of the molecule is CCN1CCN(c2cc(CNC(=NC)N(C)Cc3ccc(C)cc3)ccn2)CC1. The van der Waals surface area contributed by atoms with Gasteiger partial charge in [-0.05, 0) is 36.7 Å². The van der Waals surface area contributed by atoms with Gasteiger partial charge in [0.1, 0.15) is 5.82 Å². The number of nitrogens with one attached hydrogen (secondary N) is 1. The molecule has 2 aromatic rings. The van der Waals surface area contributed by atoms with Crippen LogP contribution >= 0.6 is 0 Å². The predicted molar refractivity (Wildman–Crippen MR) is 121 cm³/mol. The number of aryl methyl sites for hydroxylation is 1. The first-order chi connectivity index (χ1) is 14.1. The molecule has 1 aliphatic heterocycles. The molecule has 0 aliphatic carbocycles. The number of benzene rings is 1. The summed E-state index contributed by atoms with van der Waals surface area (Å²) >= 11 is 0. The highest BCUT2D eigenvalue weighted by atomic mass is 15.3. The molecule has 2 heterocycles. The second-order valence-electron chi connectivity index (χ2n) is 7.69. The van der Waals surface area contributed by atoms with E-state index < -0.39 is 0 Å². The molecule has 1 aromatic heterocycles. The van der Waals surface area contributed by atoms with E-state index in [4.69, 9.17) is 0 Å². The van der Waals surface area contributed by atoms with Crippen LogP contribution in [-0.2, 0) is 13.1 Å². The standard InChI is InChI=1S/C23H34N6/c1-5-28-12-14-29(15-13-28)22-16-21(10-11-25-22)17-26-23(24-3)27(4)18-20-8-6-19(2)7-9-20/h6-11,16H,5,12-15,17-18H2,1-4H3,(H,24,26). The molecule has 0 atom stereocenters. The van der Waals surface area contributed by atoms with Crippen LogP contribution in [0.25, 0.3) is 0 Å². The molecule has 29 heavy (non-hydrogen) atoms. The Morgan fingerprint density at radius 1 is 1.10 bits per heavy atom. The highest BCUT2D eigenvalue weighted by Gasteiger charge is 2.17. The number of hydrogen-bond acceptors (Lipinski definition) is 4. The minimum absolute atomic E-state index is 0.732. The van der Waals surface area contributed by atoms with Crippen molar-refractivity contribution in [2.45, 2.75) is 26.9 Å². The normalized spacial score (nSPS) is 15.4. The lowest BCUT2D eigenvalue weighted by Crippen LogP contribution is -2.46. The molecule has 1 aliphatic rings. The first-order valence-corrected chi connectivity index (χ1v) is 10.5. The van der Waals surface area contributed by atoms with Gasteiger partial charge in [-0.3, -0.25) is 4.99 Å². The Bertz CT molecular complexity index is 793. The molecule has 0 bridgehead atoms. The van der Waals surface area contributed by atoms with Crippen molar-refractivity contribution in [2.75, 3.05) is 51.7 Å². The highest BCUT2D eigenvalue weighted by molar-refractivity contribution is 5.79. The number of likely N-dealkylation sites (N-methyl/N-ethyl adjacent to an activating group) is 1. The maximum atomic E-state index is 4.60. The third-order valence-corrected chi connectivity index (χ3v) is 5.52. The first-order valence-electron chi connectivity index (χ1n) is 10.5. The zero-order valence-corrected chi connectivity index (χ0v) is 18.2. The van der Waals surface area contributed by atoms with E-state index in [2.05, 4.69) is 87.3 Å². The van der Waals surface area contributed by atoms with Gasteiger partial charge < -0.3 is 20.0 Å². The van der Waals surface area contributed by atoms with Crippen LogP contribution in [0.1, 0.15) is 23.6 Å². The van der Waals surface area contributed by atoms with Gasteiger partial charge in [-0.2, -0.15) is 0 Å². The molecule has 156 valence electrons. The summed E-state index contributed by atoms with van der Waals surface area (Å²) in [7, 11) is 3.90. The lowest BCUT2D eigenvalue weighted by Gasteiger charge is -2.34. The van der Waals surface area contributed by atoms with Crippen LogP contribution in [0.5, 0.6) is 0 Å². The molecule has 6 heteroatoms. The third-order valence-electron chi connectivity index (χ3n) is 5.52. The van der Waals surface area contributed by atoms with E-state index >= 15 is 0 Å². The third kappa shape index (κ3) is 5.94. The molecule has 3 rings (SSSR count). The minimum atomic E-state index is 0.732. The number of aromatic nitrogens is 1. The van der Waals surface area contributed by atoms with Gasteiger partial charge in [0.15, 0.2) is 5.96 Å². The topological polar surface area (TPSA) is 47.0 Å². The summed E-state index contributed by atoms with van der Waals surface area (Å²) in [5.41, 5.74) is 3.78. The van der Waals surface area contributed by atoms with Gasteiger partial charge in [-0.25, -0.2) is 4.98 Å². The van der Waals surface area contributed by atoms with Crippen molar-refractivity contribution in [1.29, 1.82) is 0 Å². The van der Waals surface area contributed by atoms with Crippen molar-refractivity contribution in [3.8, 4) is 0 Å².